The average molecular weight is 267 g/mol. The molecule has 1 atom stereocenters. The third kappa shape index (κ3) is 3.19. The summed E-state index contributed by atoms with van der Waals surface area (Å²) >= 11 is 0. The molecule has 0 amide bonds. The molecular weight excluding hydrogens is 254 g/mol. The molecule has 0 bridgehead atoms. The lowest BCUT2D eigenvalue weighted by Gasteiger charge is -2.12. The lowest BCUT2D eigenvalue weighted by molar-refractivity contribution is -0.385. The van der Waals surface area contributed by atoms with Crippen LogP contribution in [0.4, 0.5) is 5.69 Å². The summed E-state index contributed by atoms with van der Waals surface area (Å²) in [6, 6.07) is 17.2. The molecule has 0 aliphatic rings. The van der Waals surface area contributed by atoms with Crippen molar-refractivity contribution in [3.63, 3.8) is 0 Å². The maximum absolute atomic E-state index is 11.0. The summed E-state index contributed by atoms with van der Waals surface area (Å²) in [6.07, 6.45) is 0. The van der Waals surface area contributed by atoms with E-state index in [0.717, 1.165) is 5.56 Å². The predicted molar refractivity (Wildman–Crippen MR) is 74.7 cm³/mol. The molecule has 0 aliphatic carbocycles. The third-order valence-electron chi connectivity index (χ3n) is 2.93. The van der Waals surface area contributed by atoms with Gasteiger partial charge in [-0.25, -0.2) is 0 Å². The summed E-state index contributed by atoms with van der Waals surface area (Å²) in [7, 11) is 0. The van der Waals surface area contributed by atoms with Gasteiger partial charge in [-0.05, 0) is 11.6 Å². The van der Waals surface area contributed by atoms with Crippen LogP contribution < -0.4 is 5.32 Å². The van der Waals surface area contributed by atoms with E-state index in [0.29, 0.717) is 12.1 Å². The van der Waals surface area contributed by atoms with Gasteiger partial charge in [-0.3, -0.25) is 15.4 Å². The minimum absolute atomic E-state index is 0.0420. The van der Waals surface area contributed by atoms with Crippen molar-refractivity contribution in [1.82, 2.24) is 5.32 Å². The van der Waals surface area contributed by atoms with Gasteiger partial charge in [-0.1, -0.05) is 42.5 Å². The van der Waals surface area contributed by atoms with Crippen LogP contribution in [0, 0.1) is 21.4 Å². The highest BCUT2D eigenvalue weighted by Gasteiger charge is 2.20. The fourth-order valence-corrected chi connectivity index (χ4v) is 1.94. The molecule has 0 saturated carbocycles. The zero-order valence-electron chi connectivity index (χ0n) is 10.7. The molecule has 5 heteroatoms. The van der Waals surface area contributed by atoms with Crippen LogP contribution in [0.15, 0.2) is 54.6 Å². The van der Waals surface area contributed by atoms with Crippen LogP contribution in [-0.4, -0.2) is 4.92 Å². The molecule has 1 N–H and O–H groups in total. The van der Waals surface area contributed by atoms with Gasteiger partial charge in [0.15, 0.2) is 0 Å². The monoisotopic (exact) mass is 267 g/mol. The average Bonchev–Trinajstić information content (AvgIpc) is 2.49. The minimum Gasteiger partial charge on any atom is -0.294 e. The number of nitro benzene ring substituents is 1. The van der Waals surface area contributed by atoms with Gasteiger partial charge in [0.1, 0.15) is 6.04 Å². The molecule has 0 saturated heterocycles. The summed E-state index contributed by atoms with van der Waals surface area (Å²) in [5.41, 5.74) is 1.36. The van der Waals surface area contributed by atoms with Crippen LogP contribution in [0.1, 0.15) is 17.2 Å². The van der Waals surface area contributed by atoms with E-state index >= 15 is 0 Å². The number of hydrogen-bond acceptors (Lipinski definition) is 4. The molecule has 20 heavy (non-hydrogen) atoms. The molecule has 0 aromatic heterocycles. The zero-order valence-corrected chi connectivity index (χ0v) is 10.7. The second-order valence-electron chi connectivity index (χ2n) is 4.24. The highest BCUT2D eigenvalue weighted by molar-refractivity contribution is 5.44. The van der Waals surface area contributed by atoms with E-state index in [2.05, 4.69) is 11.4 Å². The maximum Gasteiger partial charge on any atom is 0.275 e. The van der Waals surface area contributed by atoms with Crippen molar-refractivity contribution >= 4 is 5.69 Å². The highest BCUT2D eigenvalue weighted by atomic mass is 16.6. The van der Waals surface area contributed by atoms with Gasteiger partial charge in [-0.2, -0.15) is 5.26 Å². The zero-order chi connectivity index (χ0) is 14.4. The van der Waals surface area contributed by atoms with Crippen LogP contribution in [0.3, 0.4) is 0 Å². The van der Waals surface area contributed by atoms with Crippen molar-refractivity contribution < 1.29 is 4.92 Å². The normalized spacial score (nSPS) is 11.6. The molecular formula is C15H13N3O2. The van der Waals surface area contributed by atoms with Crippen molar-refractivity contribution in [2.75, 3.05) is 0 Å². The Kier molecular flexibility index (Phi) is 4.43. The van der Waals surface area contributed by atoms with E-state index in [-0.39, 0.29) is 5.69 Å². The van der Waals surface area contributed by atoms with Crippen LogP contribution in [-0.2, 0) is 6.54 Å². The Morgan fingerprint density at radius 2 is 1.80 bits per heavy atom. The smallest absolute Gasteiger partial charge is 0.275 e. The second-order valence-corrected chi connectivity index (χ2v) is 4.24. The molecule has 2 rings (SSSR count). The Bertz CT molecular complexity index is 635. The molecule has 0 heterocycles. The van der Waals surface area contributed by atoms with E-state index in [1.807, 2.05) is 30.3 Å². The highest BCUT2D eigenvalue weighted by Crippen LogP contribution is 2.24. The summed E-state index contributed by atoms with van der Waals surface area (Å²) in [5, 5.41) is 23.2. The van der Waals surface area contributed by atoms with E-state index in [1.54, 1.807) is 18.2 Å². The van der Waals surface area contributed by atoms with Gasteiger partial charge in [0.25, 0.3) is 5.69 Å². The number of hydrogen-bond donors (Lipinski definition) is 1. The topological polar surface area (TPSA) is 79.0 Å². The van der Waals surface area contributed by atoms with E-state index in [4.69, 9.17) is 0 Å². The Balaban J connectivity index is 2.17. The molecule has 2 aromatic rings. The molecule has 100 valence electrons. The molecule has 5 nitrogen and oxygen atoms in total. The van der Waals surface area contributed by atoms with Gasteiger partial charge in [0.05, 0.1) is 16.6 Å². The molecule has 2 aromatic carbocycles. The Hall–Kier alpha value is -2.71. The molecule has 0 fully saturated rings. The molecule has 0 spiro atoms. The Labute approximate surface area is 116 Å². The van der Waals surface area contributed by atoms with E-state index < -0.39 is 11.0 Å². The van der Waals surface area contributed by atoms with Crippen LogP contribution in [0.5, 0.6) is 0 Å². The Morgan fingerprint density at radius 3 is 2.45 bits per heavy atom. The van der Waals surface area contributed by atoms with Crippen molar-refractivity contribution in [2.45, 2.75) is 12.6 Å². The van der Waals surface area contributed by atoms with E-state index in [1.165, 1.54) is 6.07 Å². The number of nitrogens with zero attached hydrogens (tertiary/aromatic N) is 2. The van der Waals surface area contributed by atoms with Crippen LogP contribution >= 0.6 is 0 Å². The van der Waals surface area contributed by atoms with Crippen molar-refractivity contribution in [3.8, 4) is 6.07 Å². The number of para-hydroxylation sites is 1. The SMILES string of the molecule is N#CC(NCc1ccccc1)c1ccccc1[N+](=O)[O-]. The fraction of sp³-hybridized carbons (Fsp3) is 0.133. The Morgan fingerprint density at radius 1 is 1.15 bits per heavy atom. The summed E-state index contributed by atoms with van der Waals surface area (Å²) < 4.78 is 0. The quantitative estimate of drug-likeness (QED) is 0.667. The van der Waals surface area contributed by atoms with Gasteiger partial charge < -0.3 is 0 Å². The minimum atomic E-state index is -0.711. The first-order valence-electron chi connectivity index (χ1n) is 6.12. The largest absolute Gasteiger partial charge is 0.294 e. The first-order chi connectivity index (χ1) is 9.72. The van der Waals surface area contributed by atoms with Gasteiger partial charge >= 0.3 is 0 Å². The number of nitrogens with one attached hydrogen (secondary N) is 1. The number of rotatable bonds is 5. The van der Waals surface area contributed by atoms with Crippen molar-refractivity contribution in [3.05, 3.63) is 75.8 Å². The van der Waals surface area contributed by atoms with Gasteiger partial charge in [-0.15, -0.1) is 0 Å². The predicted octanol–water partition coefficient (Wildman–Crippen LogP) is 2.95. The number of nitriles is 1. The van der Waals surface area contributed by atoms with Crippen molar-refractivity contribution in [2.24, 2.45) is 0 Å². The number of benzene rings is 2. The van der Waals surface area contributed by atoms with Gasteiger partial charge in [0, 0.05) is 12.6 Å². The summed E-state index contributed by atoms with van der Waals surface area (Å²) in [4.78, 5) is 10.5. The third-order valence-corrected chi connectivity index (χ3v) is 2.93. The number of nitro groups is 1. The van der Waals surface area contributed by atoms with E-state index in [9.17, 15) is 15.4 Å². The second kappa shape index (κ2) is 6.45. The molecule has 1 unspecified atom stereocenters. The van der Waals surface area contributed by atoms with Crippen LogP contribution in [0.2, 0.25) is 0 Å². The lowest BCUT2D eigenvalue weighted by Crippen LogP contribution is -2.20. The van der Waals surface area contributed by atoms with Gasteiger partial charge in [0.2, 0.25) is 0 Å². The molecule has 0 radical (unpaired) electrons. The fourth-order valence-electron chi connectivity index (χ4n) is 1.94. The maximum atomic E-state index is 11.0. The standard InChI is InChI=1S/C15H13N3O2/c16-10-14(17-11-12-6-2-1-3-7-12)13-8-4-5-9-15(13)18(19)20/h1-9,14,17H,11H2. The summed E-state index contributed by atoms with van der Waals surface area (Å²) in [6.45, 7) is 0.477. The lowest BCUT2D eigenvalue weighted by atomic mass is 10.1. The van der Waals surface area contributed by atoms with Crippen molar-refractivity contribution in [1.29, 1.82) is 5.26 Å². The summed E-state index contributed by atoms with van der Waals surface area (Å²) in [5.74, 6) is 0. The first-order valence-corrected chi connectivity index (χ1v) is 6.12. The molecule has 0 aliphatic heterocycles. The first kappa shape index (κ1) is 13.7. The van der Waals surface area contributed by atoms with Crippen LogP contribution in [0.25, 0.3) is 0 Å².